The fourth-order valence-electron chi connectivity index (χ4n) is 4.05. The lowest BCUT2D eigenvalue weighted by atomic mass is 10.0. The molecule has 3 heterocycles. The van der Waals surface area contributed by atoms with Gasteiger partial charge in [0.25, 0.3) is 0 Å². The first kappa shape index (κ1) is 15.8. The maximum absolute atomic E-state index is 5.81. The molecule has 2 aromatic heterocycles. The van der Waals surface area contributed by atoms with E-state index < -0.39 is 0 Å². The minimum Gasteiger partial charge on any atom is -0.424 e. The molecule has 1 saturated heterocycles. The molecule has 2 aromatic rings. The molecular weight excluding hydrogens is 302 g/mol. The molecule has 0 radical (unpaired) electrons. The van der Waals surface area contributed by atoms with Gasteiger partial charge in [0.1, 0.15) is 5.82 Å². The van der Waals surface area contributed by atoms with Crippen LogP contribution in [-0.2, 0) is 26.4 Å². The van der Waals surface area contributed by atoms with Gasteiger partial charge in [0.15, 0.2) is 0 Å². The summed E-state index contributed by atoms with van der Waals surface area (Å²) in [5.74, 6) is 2.96. The SMILES string of the molecule is CC(C)c1nnc(CN2CCCC2c2nc3c(n2C)CCCC3)o1. The summed E-state index contributed by atoms with van der Waals surface area (Å²) in [6.45, 7) is 5.95. The fourth-order valence-corrected chi connectivity index (χ4v) is 4.05. The van der Waals surface area contributed by atoms with Crippen LogP contribution in [0.2, 0.25) is 0 Å². The number of nitrogens with zero attached hydrogens (tertiary/aromatic N) is 5. The third-order valence-electron chi connectivity index (χ3n) is 5.38. The van der Waals surface area contributed by atoms with Crippen molar-refractivity contribution in [2.24, 2.45) is 7.05 Å². The number of fused-ring (bicyclic) bond motifs is 1. The van der Waals surface area contributed by atoms with E-state index in [-0.39, 0.29) is 5.92 Å². The average Bonchev–Trinajstić information content (AvgIpc) is 3.28. The van der Waals surface area contributed by atoms with Gasteiger partial charge in [-0.2, -0.15) is 0 Å². The predicted octanol–water partition coefficient (Wildman–Crippen LogP) is 3.14. The van der Waals surface area contributed by atoms with E-state index in [0.29, 0.717) is 6.04 Å². The molecule has 0 aromatic carbocycles. The topological polar surface area (TPSA) is 60.0 Å². The van der Waals surface area contributed by atoms with Gasteiger partial charge in [-0.05, 0) is 45.1 Å². The van der Waals surface area contributed by atoms with Crippen molar-refractivity contribution in [1.82, 2.24) is 24.6 Å². The zero-order valence-corrected chi connectivity index (χ0v) is 15.0. The average molecular weight is 329 g/mol. The molecule has 1 fully saturated rings. The standard InChI is InChI=1S/C18H27N5O/c1-12(2)18-21-20-16(24-18)11-23-10-6-9-15(23)17-19-13-7-4-5-8-14(13)22(17)3/h12,15H,4-11H2,1-3H3. The number of rotatable bonds is 4. The summed E-state index contributed by atoms with van der Waals surface area (Å²) in [6.07, 6.45) is 7.24. The Balaban J connectivity index is 1.55. The Morgan fingerprint density at radius 3 is 2.75 bits per heavy atom. The van der Waals surface area contributed by atoms with Crippen LogP contribution in [0, 0.1) is 0 Å². The molecule has 1 aliphatic heterocycles. The van der Waals surface area contributed by atoms with Crippen LogP contribution >= 0.6 is 0 Å². The first-order valence-corrected chi connectivity index (χ1v) is 9.24. The Kier molecular flexibility index (Phi) is 4.16. The molecule has 0 N–H and O–H groups in total. The second-order valence-corrected chi connectivity index (χ2v) is 7.45. The Morgan fingerprint density at radius 2 is 2.00 bits per heavy atom. The Morgan fingerprint density at radius 1 is 1.17 bits per heavy atom. The van der Waals surface area contributed by atoms with Crippen LogP contribution in [0.25, 0.3) is 0 Å². The van der Waals surface area contributed by atoms with Gasteiger partial charge in [-0.25, -0.2) is 4.98 Å². The van der Waals surface area contributed by atoms with Gasteiger partial charge in [-0.1, -0.05) is 13.8 Å². The van der Waals surface area contributed by atoms with Crippen molar-refractivity contribution in [3.63, 3.8) is 0 Å². The molecule has 6 nitrogen and oxygen atoms in total. The summed E-state index contributed by atoms with van der Waals surface area (Å²) < 4.78 is 8.16. The highest BCUT2D eigenvalue weighted by Crippen LogP contribution is 2.34. The molecule has 6 heteroatoms. The van der Waals surface area contributed by atoms with Crippen LogP contribution in [-0.4, -0.2) is 31.2 Å². The van der Waals surface area contributed by atoms with Crippen molar-refractivity contribution in [2.45, 2.75) is 70.9 Å². The molecule has 1 unspecified atom stereocenters. The van der Waals surface area contributed by atoms with Gasteiger partial charge >= 0.3 is 0 Å². The minimum absolute atomic E-state index is 0.280. The van der Waals surface area contributed by atoms with Crippen molar-refractivity contribution >= 4 is 0 Å². The first-order valence-electron chi connectivity index (χ1n) is 9.24. The van der Waals surface area contributed by atoms with Crippen LogP contribution in [0.15, 0.2) is 4.42 Å². The highest BCUT2D eigenvalue weighted by molar-refractivity contribution is 5.22. The van der Waals surface area contributed by atoms with Crippen LogP contribution in [0.3, 0.4) is 0 Å². The van der Waals surface area contributed by atoms with E-state index in [2.05, 4.69) is 40.6 Å². The molecule has 24 heavy (non-hydrogen) atoms. The van der Waals surface area contributed by atoms with Gasteiger partial charge in [-0.15, -0.1) is 10.2 Å². The van der Waals surface area contributed by atoms with Gasteiger partial charge < -0.3 is 8.98 Å². The summed E-state index contributed by atoms with van der Waals surface area (Å²) in [5, 5.41) is 8.39. The van der Waals surface area contributed by atoms with Crippen molar-refractivity contribution in [3.05, 3.63) is 29.0 Å². The lowest BCUT2D eigenvalue weighted by Gasteiger charge is -2.22. The zero-order valence-electron chi connectivity index (χ0n) is 15.0. The van der Waals surface area contributed by atoms with Crippen molar-refractivity contribution in [3.8, 4) is 0 Å². The monoisotopic (exact) mass is 329 g/mol. The molecule has 1 aliphatic carbocycles. The molecule has 1 atom stereocenters. The number of hydrogen-bond acceptors (Lipinski definition) is 5. The third kappa shape index (κ3) is 2.77. The lowest BCUT2D eigenvalue weighted by Crippen LogP contribution is -2.25. The Hall–Kier alpha value is -1.69. The summed E-state index contributed by atoms with van der Waals surface area (Å²) in [4.78, 5) is 7.46. The lowest BCUT2D eigenvalue weighted by molar-refractivity contribution is 0.211. The van der Waals surface area contributed by atoms with E-state index in [1.807, 2.05) is 0 Å². The van der Waals surface area contributed by atoms with Gasteiger partial charge in [0.2, 0.25) is 11.8 Å². The van der Waals surface area contributed by atoms with E-state index in [4.69, 9.17) is 9.40 Å². The number of likely N-dealkylation sites (tertiary alicyclic amines) is 1. The molecule has 0 saturated carbocycles. The van der Waals surface area contributed by atoms with E-state index in [9.17, 15) is 0 Å². The zero-order chi connectivity index (χ0) is 16.7. The molecular formula is C18H27N5O. The molecule has 0 amide bonds. The van der Waals surface area contributed by atoms with Crippen molar-refractivity contribution in [1.29, 1.82) is 0 Å². The van der Waals surface area contributed by atoms with Crippen LogP contribution in [0.5, 0.6) is 0 Å². The molecule has 2 aliphatic rings. The van der Waals surface area contributed by atoms with Crippen LogP contribution in [0.4, 0.5) is 0 Å². The Bertz CT molecular complexity index is 717. The van der Waals surface area contributed by atoms with E-state index in [1.165, 1.54) is 42.9 Å². The second kappa shape index (κ2) is 6.31. The van der Waals surface area contributed by atoms with Crippen molar-refractivity contribution < 1.29 is 4.42 Å². The molecule has 0 bridgehead atoms. The summed E-state index contributed by atoms with van der Waals surface area (Å²) in [7, 11) is 2.19. The number of aryl methyl sites for hydroxylation is 1. The summed E-state index contributed by atoms with van der Waals surface area (Å²) >= 11 is 0. The second-order valence-electron chi connectivity index (χ2n) is 7.45. The number of aromatic nitrogens is 4. The van der Waals surface area contributed by atoms with E-state index in [1.54, 1.807) is 0 Å². The summed E-state index contributed by atoms with van der Waals surface area (Å²) in [5.41, 5.74) is 2.77. The van der Waals surface area contributed by atoms with Crippen molar-refractivity contribution in [2.75, 3.05) is 6.54 Å². The molecule has 0 spiro atoms. The highest BCUT2D eigenvalue weighted by Gasteiger charge is 2.32. The van der Waals surface area contributed by atoms with Gasteiger partial charge in [0.05, 0.1) is 18.3 Å². The quantitative estimate of drug-likeness (QED) is 0.862. The third-order valence-corrected chi connectivity index (χ3v) is 5.38. The normalized spacial score (nSPS) is 21.6. The maximum Gasteiger partial charge on any atom is 0.230 e. The van der Waals surface area contributed by atoms with E-state index >= 15 is 0 Å². The smallest absolute Gasteiger partial charge is 0.230 e. The number of hydrogen-bond donors (Lipinski definition) is 0. The predicted molar refractivity (Wildman–Crippen MR) is 90.6 cm³/mol. The molecule has 130 valence electrons. The van der Waals surface area contributed by atoms with Gasteiger partial charge in [0, 0.05) is 18.7 Å². The first-order chi connectivity index (χ1) is 11.6. The highest BCUT2D eigenvalue weighted by atomic mass is 16.4. The maximum atomic E-state index is 5.81. The minimum atomic E-state index is 0.280. The fraction of sp³-hybridized carbons (Fsp3) is 0.722. The van der Waals surface area contributed by atoms with Crippen LogP contribution < -0.4 is 0 Å². The number of imidazole rings is 1. The van der Waals surface area contributed by atoms with Crippen LogP contribution in [0.1, 0.15) is 80.5 Å². The largest absolute Gasteiger partial charge is 0.424 e. The Labute approximate surface area is 143 Å². The van der Waals surface area contributed by atoms with E-state index in [0.717, 1.165) is 37.7 Å². The van der Waals surface area contributed by atoms with Gasteiger partial charge in [-0.3, -0.25) is 4.90 Å². The molecule has 4 rings (SSSR count). The summed E-state index contributed by atoms with van der Waals surface area (Å²) in [6, 6.07) is 0.370.